The molecule has 0 bridgehead atoms. The van der Waals surface area contributed by atoms with E-state index in [1.54, 1.807) is 0 Å². The first kappa shape index (κ1) is 17.8. The molecule has 0 amide bonds. The molecule has 0 aromatic heterocycles. The minimum atomic E-state index is -3.49. The van der Waals surface area contributed by atoms with Gasteiger partial charge in [0.05, 0.1) is 18.3 Å². The molecule has 7 heteroatoms. The zero-order valence-corrected chi connectivity index (χ0v) is 13.8. The summed E-state index contributed by atoms with van der Waals surface area (Å²) < 4.78 is 34.1. The van der Waals surface area contributed by atoms with Gasteiger partial charge in [-0.05, 0) is 26.7 Å². The van der Waals surface area contributed by atoms with E-state index in [4.69, 9.17) is 4.74 Å². The third-order valence-corrected chi connectivity index (χ3v) is 5.20. The number of ether oxygens (including phenoxy) is 1. The van der Waals surface area contributed by atoms with Crippen LogP contribution < -0.4 is 0 Å². The zero-order chi connectivity index (χ0) is 15.4. The van der Waals surface area contributed by atoms with Gasteiger partial charge in [-0.1, -0.05) is 13.8 Å². The Morgan fingerprint density at radius 2 is 1.85 bits per heavy atom. The number of aliphatic hydroxyl groups is 1. The van der Waals surface area contributed by atoms with E-state index >= 15 is 0 Å². The number of nitrogens with zero attached hydrogens (tertiary/aromatic N) is 2. The van der Waals surface area contributed by atoms with Gasteiger partial charge in [0.25, 0.3) is 10.2 Å². The third kappa shape index (κ3) is 4.39. The summed E-state index contributed by atoms with van der Waals surface area (Å²) in [6.07, 6.45) is 1.12. The Labute approximate surface area is 122 Å². The lowest BCUT2D eigenvalue weighted by Crippen LogP contribution is -2.58. The second-order valence-electron chi connectivity index (χ2n) is 5.88. The minimum absolute atomic E-state index is 0.170. The Bertz CT molecular complexity index is 391. The average Bonchev–Trinajstić information content (AvgIpc) is 2.36. The monoisotopic (exact) mass is 308 g/mol. The van der Waals surface area contributed by atoms with E-state index in [9.17, 15) is 13.5 Å². The van der Waals surface area contributed by atoms with Gasteiger partial charge in [-0.2, -0.15) is 17.0 Å². The van der Waals surface area contributed by atoms with E-state index in [1.165, 1.54) is 8.61 Å². The fourth-order valence-electron chi connectivity index (χ4n) is 2.52. The van der Waals surface area contributed by atoms with Crippen molar-refractivity contribution in [1.82, 2.24) is 8.61 Å². The van der Waals surface area contributed by atoms with Crippen molar-refractivity contribution in [2.45, 2.75) is 52.2 Å². The second kappa shape index (κ2) is 7.17. The predicted octanol–water partition coefficient (Wildman–Crippen LogP) is 0.825. The van der Waals surface area contributed by atoms with Crippen molar-refractivity contribution in [3.63, 3.8) is 0 Å². The van der Waals surface area contributed by atoms with Crippen LogP contribution in [-0.2, 0) is 14.9 Å². The molecule has 1 fully saturated rings. The van der Waals surface area contributed by atoms with Gasteiger partial charge < -0.3 is 9.84 Å². The standard InChI is InChI=1S/C13H28N2O4S/c1-5-7-14(8-6-2)20(17,18)15-9-12(10-16)19-13(3,4)11-15/h12,16H,5-11H2,1-4H3. The molecule has 0 radical (unpaired) electrons. The quantitative estimate of drug-likeness (QED) is 0.756. The van der Waals surface area contributed by atoms with Crippen LogP contribution in [0.1, 0.15) is 40.5 Å². The zero-order valence-electron chi connectivity index (χ0n) is 13.0. The van der Waals surface area contributed by atoms with Crippen LogP contribution in [0.15, 0.2) is 0 Å². The first-order valence-electron chi connectivity index (χ1n) is 7.30. The molecule has 0 spiro atoms. The Morgan fingerprint density at radius 1 is 1.30 bits per heavy atom. The van der Waals surface area contributed by atoms with Gasteiger partial charge >= 0.3 is 0 Å². The number of hydrogen-bond acceptors (Lipinski definition) is 4. The smallest absolute Gasteiger partial charge is 0.282 e. The Morgan fingerprint density at radius 3 is 2.30 bits per heavy atom. The molecule has 20 heavy (non-hydrogen) atoms. The van der Waals surface area contributed by atoms with Gasteiger partial charge in [0.2, 0.25) is 0 Å². The van der Waals surface area contributed by atoms with E-state index in [2.05, 4.69) is 0 Å². The molecule has 1 N–H and O–H groups in total. The van der Waals surface area contributed by atoms with Crippen LogP contribution in [0.25, 0.3) is 0 Å². The van der Waals surface area contributed by atoms with Gasteiger partial charge in [0.1, 0.15) is 0 Å². The molecule has 1 rings (SSSR count). The van der Waals surface area contributed by atoms with Crippen molar-refractivity contribution in [3.8, 4) is 0 Å². The average molecular weight is 308 g/mol. The Balaban J connectivity index is 2.93. The summed E-state index contributed by atoms with van der Waals surface area (Å²) in [4.78, 5) is 0. The van der Waals surface area contributed by atoms with Crippen LogP contribution in [-0.4, -0.2) is 66.6 Å². The highest BCUT2D eigenvalue weighted by atomic mass is 32.2. The topological polar surface area (TPSA) is 70.1 Å². The van der Waals surface area contributed by atoms with E-state index in [0.717, 1.165) is 12.8 Å². The predicted molar refractivity (Wildman–Crippen MR) is 78.7 cm³/mol. The van der Waals surface area contributed by atoms with Crippen LogP contribution in [0, 0.1) is 0 Å². The van der Waals surface area contributed by atoms with Crippen LogP contribution in [0.3, 0.4) is 0 Å². The summed E-state index contributed by atoms with van der Waals surface area (Å²) in [7, 11) is -3.49. The van der Waals surface area contributed by atoms with Crippen molar-refractivity contribution in [2.75, 3.05) is 32.8 Å². The molecule has 1 atom stereocenters. The molecule has 1 aliphatic rings. The molecule has 1 heterocycles. The van der Waals surface area contributed by atoms with Gasteiger partial charge in [-0.15, -0.1) is 0 Å². The van der Waals surface area contributed by atoms with Crippen molar-refractivity contribution >= 4 is 10.2 Å². The fourth-order valence-corrected chi connectivity index (χ4v) is 4.50. The van der Waals surface area contributed by atoms with Gasteiger partial charge in [-0.3, -0.25) is 0 Å². The molecule has 0 aromatic rings. The van der Waals surface area contributed by atoms with Crippen LogP contribution in [0.4, 0.5) is 0 Å². The van der Waals surface area contributed by atoms with Crippen LogP contribution >= 0.6 is 0 Å². The SMILES string of the molecule is CCCN(CCC)S(=O)(=O)N1CC(CO)OC(C)(C)C1. The minimum Gasteiger partial charge on any atom is -0.394 e. The fraction of sp³-hybridized carbons (Fsp3) is 1.00. The summed E-state index contributed by atoms with van der Waals surface area (Å²) in [5, 5.41) is 9.29. The summed E-state index contributed by atoms with van der Waals surface area (Å²) in [5.41, 5.74) is -0.581. The molecular formula is C13H28N2O4S. The lowest BCUT2D eigenvalue weighted by Gasteiger charge is -2.42. The highest BCUT2D eigenvalue weighted by Gasteiger charge is 2.40. The molecular weight excluding hydrogens is 280 g/mol. The maximum atomic E-state index is 12.7. The first-order valence-corrected chi connectivity index (χ1v) is 8.70. The lowest BCUT2D eigenvalue weighted by atomic mass is 10.1. The van der Waals surface area contributed by atoms with E-state index in [-0.39, 0.29) is 13.2 Å². The summed E-state index contributed by atoms with van der Waals surface area (Å²) in [6, 6.07) is 0. The summed E-state index contributed by atoms with van der Waals surface area (Å²) >= 11 is 0. The van der Waals surface area contributed by atoms with Crippen molar-refractivity contribution in [1.29, 1.82) is 0 Å². The van der Waals surface area contributed by atoms with E-state index in [0.29, 0.717) is 19.6 Å². The summed E-state index contributed by atoms with van der Waals surface area (Å²) in [6.45, 7) is 9.05. The van der Waals surface area contributed by atoms with Crippen molar-refractivity contribution in [3.05, 3.63) is 0 Å². The Hall–Kier alpha value is -0.210. The van der Waals surface area contributed by atoms with E-state index in [1.807, 2.05) is 27.7 Å². The number of hydrogen-bond donors (Lipinski definition) is 1. The number of morpholine rings is 1. The molecule has 0 aromatic carbocycles. The van der Waals surface area contributed by atoms with Crippen molar-refractivity contribution < 1.29 is 18.3 Å². The molecule has 120 valence electrons. The highest BCUT2D eigenvalue weighted by molar-refractivity contribution is 7.86. The van der Waals surface area contributed by atoms with E-state index < -0.39 is 21.9 Å². The first-order chi connectivity index (χ1) is 9.26. The normalized spacial score (nSPS) is 24.2. The molecule has 1 unspecified atom stereocenters. The van der Waals surface area contributed by atoms with Gasteiger partial charge in [-0.25, -0.2) is 0 Å². The lowest BCUT2D eigenvalue weighted by molar-refractivity contribution is -0.132. The molecule has 0 aliphatic carbocycles. The Kier molecular flexibility index (Phi) is 6.40. The van der Waals surface area contributed by atoms with Gasteiger partial charge in [0.15, 0.2) is 0 Å². The number of aliphatic hydroxyl groups excluding tert-OH is 1. The molecule has 1 aliphatic heterocycles. The molecule has 0 saturated carbocycles. The largest absolute Gasteiger partial charge is 0.394 e. The van der Waals surface area contributed by atoms with Gasteiger partial charge in [0, 0.05) is 26.2 Å². The maximum Gasteiger partial charge on any atom is 0.282 e. The summed E-state index contributed by atoms with van der Waals surface area (Å²) in [5.74, 6) is 0. The number of rotatable bonds is 7. The maximum absolute atomic E-state index is 12.7. The van der Waals surface area contributed by atoms with Crippen LogP contribution in [0.5, 0.6) is 0 Å². The second-order valence-corrected chi connectivity index (χ2v) is 7.81. The van der Waals surface area contributed by atoms with Crippen LogP contribution in [0.2, 0.25) is 0 Å². The van der Waals surface area contributed by atoms with Crippen molar-refractivity contribution in [2.24, 2.45) is 0 Å². The molecule has 1 saturated heterocycles. The highest BCUT2D eigenvalue weighted by Crippen LogP contribution is 2.24. The third-order valence-electron chi connectivity index (χ3n) is 3.25. The molecule has 6 nitrogen and oxygen atoms in total.